The molecule has 0 aliphatic carbocycles. The number of aromatic carboxylic acids is 1. The predicted octanol–water partition coefficient (Wildman–Crippen LogP) is 8.73. The van der Waals surface area contributed by atoms with Gasteiger partial charge in [-0.1, -0.05) is 72.3 Å². The van der Waals surface area contributed by atoms with Gasteiger partial charge in [-0.05, 0) is 71.6 Å². The van der Waals surface area contributed by atoms with Gasteiger partial charge in [0.1, 0.15) is 24.7 Å². The zero-order chi connectivity index (χ0) is 32.8. The van der Waals surface area contributed by atoms with E-state index in [2.05, 4.69) is 4.98 Å². The molecule has 0 saturated heterocycles. The van der Waals surface area contributed by atoms with Crippen LogP contribution in [0.25, 0.3) is 34.0 Å². The van der Waals surface area contributed by atoms with Crippen molar-refractivity contribution in [2.24, 2.45) is 0 Å². The fraction of sp³-hybridized carbons (Fsp3) is 0.132. The molecular weight excluding hydrogens is 616 g/mol. The van der Waals surface area contributed by atoms with Crippen LogP contribution >= 0.6 is 11.6 Å². The number of carbonyl (C=O) groups is 2. The van der Waals surface area contributed by atoms with E-state index in [1.54, 1.807) is 6.20 Å². The molecule has 8 nitrogen and oxygen atoms in total. The summed E-state index contributed by atoms with van der Waals surface area (Å²) in [4.78, 5) is 27.6. The van der Waals surface area contributed by atoms with Gasteiger partial charge in [0.15, 0.2) is 0 Å². The van der Waals surface area contributed by atoms with Gasteiger partial charge < -0.3 is 24.3 Å². The Morgan fingerprint density at radius 2 is 1.62 bits per heavy atom. The summed E-state index contributed by atoms with van der Waals surface area (Å²) >= 11 is 6.11. The lowest BCUT2D eigenvalue weighted by atomic mass is 10.0. The highest BCUT2D eigenvalue weighted by atomic mass is 35.5. The van der Waals surface area contributed by atoms with Crippen LogP contribution in [0.3, 0.4) is 0 Å². The molecule has 0 bridgehead atoms. The minimum Gasteiger partial charge on any atom is -0.489 e. The van der Waals surface area contributed by atoms with Crippen molar-refractivity contribution in [3.63, 3.8) is 0 Å². The van der Waals surface area contributed by atoms with Gasteiger partial charge in [-0.25, -0.2) is 9.78 Å². The lowest BCUT2D eigenvalue weighted by Gasteiger charge is -2.10. The molecule has 0 amide bonds. The molecule has 0 aliphatic heterocycles. The Labute approximate surface area is 276 Å². The Morgan fingerprint density at radius 3 is 2.43 bits per heavy atom. The number of nitrogens with zero attached hydrogens (tertiary/aromatic N) is 2. The summed E-state index contributed by atoms with van der Waals surface area (Å²) < 4.78 is 13.8. The SMILES string of the molecule is O=C(O)CCCn1cc(C(=O)O)c2c(/C=C/c3ccc(OCc4cccc(OCc5ccc6ccc(Cl)cc6n5)c4)cc3)cccc21. The van der Waals surface area contributed by atoms with Crippen molar-refractivity contribution in [2.45, 2.75) is 32.6 Å². The van der Waals surface area contributed by atoms with Crippen molar-refractivity contribution < 1.29 is 29.3 Å². The molecule has 0 saturated carbocycles. The van der Waals surface area contributed by atoms with E-state index in [9.17, 15) is 14.7 Å². The van der Waals surface area contributed by atoms with Gasteiger partial charge in [0.05, 0.1) is 16.8 Å². The number of ether oxygens (including phenoxy) is 2. The van der Waals surface area contributed by atoms with E-state index in [0.717, 1.165) is 44.6 Å². The average molecular weight is 647 g/mol. The molecule has 2 aromatic heterocycles. The van der Waals surface area contributed by atoms with Crippen molar-refractivity contribution in [1.29, 1.82) is 0 Å². The summed E-state index contributed by atoms with van der Waals surface area (Å²) in [5, 5.41) is 21.1. The first kappa shape index (κ1) is 31.4. The predicted molar refractivity (Wildman–Crippen MR) is 183 cm³/mol. The molecule has 6 aromatic rings. The molecule has 0 spiro atoms. The van der Waals surface area contributed by atoms with Gasteiger partial charge in [0.2, 0.25) is 0 Å². The molecule has 0 fully saturated rings. The molecule has 236 valence electrons. The van der Waals surface area contributed by atoms with Gasteiger partial charge in [-0.3, -0.25) is 4.79 Å². The molecule has 0 unspecified atom stereocenters. The maximum Gasteiger partial charge on any atom is 0.337 e. The number of hydrogen-bond acceptors (Lipinski definition) is 5. The van der Waals surface area contributed by atoms with E-state index in [1.165, 1.54) is 0 Å². The Balaban J connectivity index is 1.08. The highest BCUT2D eigenvalue weighted by Crippen LogP contribution is 2.28. The molecule has 6 rings (SSSR count). The molecule has 0 aliphatic rings. The quantitative estimate of drug-likeness (QED) is 0.121. The fourth-order valence-corrected chi connectivity index (χ4v) is 5.56. The molecule has 0 radical (unpaired) electrons. The van der Waals surface area contributed by atoms with Crippen LogP contribution in [0, 0.1) is 0 Å². The zero-order valence-electron chi connectivity index (χ0n) is 25.3. The van der Waals surface area contributed by atoms with Gasteiger partial charge in [-0.15, -0.1) is 0 Å². The van der Waals surface area contributed by atoms with Crippen molar-refractivity contribution in [1.82, 2.24) is 9.55 Å². The maximum atomic E-state index is 12.0. The van der Waals surface area contributed by atoms with Crippen LogP contribution in [-0.2, 0) is 24.6 Å². The molecule has 2 heterocycles. The van der Waals surface area contributed by atoms with Crippen molar-refractivity contribution in [3.8, 4) is 11.5 Å². The minimum absolute atomic E-state index is 0.0173. The average Bonchev–Trinajstić information content (AvgIpc) is 3.45. The maximum absolute atomic E-state index is 12.0. The highest BCUT2D eigenvalue weighted by Gasteiger charge is 2.16. The number of carboxylic acid groups (broad SMARTS) is 2. The largest absolute Gasteiger partial charge is 0.489 e. The second-order valence-corrected chi connectivity index (χ2v) is 11.5. The second-order valence-electron chi connectivity index (χ2n) is 11.0. The Hall–Kier alpha value is -5.60. The van der Waals surface area contributed by atoms with Crippen molar-refractivity contribution >= 4 is 57.5 Å². The van der Waals surface area contributed by atoms with Crippen LogP contribution in [0.5, 0.6) is 11.5 Å². The van der Waals surface area contributed by atoms with Crippen molar-refractivity contribution in [2.75, 3.05) is 0 Å². The number of aliphatic carboxylic acids is 1. The van der Waals surface area contributed by atoms with Gasteiger partial charge in [-0.2, -0.15) is 0 Å². The Kier molecular flexibility index (Phi) is 9.50. The van der Waals surface area contributed by atoms with Gasteiger partial charge in [0, 0.05) is 40.5 Å². The summed E-state index contributed by atoms with van der Waals surface area (Å²) in [5.74, 6) is -0.478. The molecule has 47 heavy (non-hydrogen) atoms. The topological polar surface area (TPSA) is 111 Å². The van der Waals surface area contributed by atoms with Gasteiger partial charge in [0.25, 0.3) is 0 Å². The second kappa shape index (κ2) is 14.2. The Morgan fingerprint density at radius 1 is 0.830 bits per heavy atom. The fourth-order valence-electron chi connectivity index (χ4n) is 5.39. The summed E-state index contributed by atoms with van der Waals surface area (Å²) in [5.41, 5.74) is 5.22. The van der Waals surface area contributed by atoms with Gasteiger partial charge >= 0.3 is 11.9 Å². The number of hydrogen-bond donors (Lipinski definition) is 2. The molecule has 0 atom stereocenters. The van der Waals surface area contributed by atoms with Crippen LogP contribution < -0.4 is 9.47 Å². The van der Waals surface area contributed by atoms with E-state index in [4.69, 9.17) is 26.2 Å². The normalized spacial score (nSPS) is 11.3. The first-order valence-electron chi connectivity index (χ1n) is 15.1. The first-order valence-corrected chi connectivity index (χ1v) is 15.4. The van der Waals surface area contributed by atoms with E-state index in [-0.39, 0.29) is 12.0 Å². The van der Waals surface area contributed by atoms with Crippen LogP contribution in [0.2, 0.25) is 5.02 Å². The number of rotatable bonds is 13. The van der Waals surface area contributed by atoms with Crippen LogP contribution in [-0.4, -0.2) is 31.7 Å². The molecule has 4 aromatic carbocycles. The van der Waals surface area contributed by atoms with E-state index >= 15 is 0 Å². The monoisotopic (exact) mass is 646 g/mol. The lowest BCUT2D eigenvalue weighted by Crippen LogP contribution is -2.01. The summed E-state index contributed by atoms with van der Waals surface area (Å²) in [6.07, 6.45) is 5.82. The smallest absolute Gasteiger partial charge is 0.337 e. The van der Waals surface area contributed by atoms with Crippen LogP contribution in [0.15, 0.2) is 103 Å². The lowest BCUT2D eigenvalue weighted by molar-refractivity contribution is -0.137. The number of aromatic nitrogens is 2. The number of fused-ring (bicyclic) bond motifs is 2. The number of pyridine rings is 1. The highest BCUT2D eigenvalue weighted by molar-refractivity contribution is 6.31. The first-order chi connectivity index (χ1) is 22.8. The number of carboxylic acids is 2. The van der Waals surface area contributed by atoms with E-state index in [1.807, 2.05) is 114 Å². The third kappa shape index (κ3) is 7.80. The van der Waals surface area contributed by atoms with Crippen LogP contribution in [0.1, 0.15) is 45.6 Å². The van der Waals surface area contributed by atoms with Crippen LogP contribution in [0.4, 0.5) is 0 Å². The summed E-state index contributed by atoms with van der Waals surface area (Å²) in [7, 11) is 0. The Bertz CT molecular complexity index is 2100. The van der Waals surface area contributed by atoms with E-state index < -0.39 is 11.9 Å². The molecule has 2 N–H and O–H groups in total. The minimum atomic E-state index is -1.03. The standard InChI is InChI=1S/C38H31ClN2O6/c39-29-15-13-27-14-16-30(40-34(27)21-29)24-47-32-6-1-4-26(20-32)23-46-31-17-10-25(11-18-31)9-12-28-5-2-7-35-37(28)33(38(44)45)22-41(35)19-3-8-36(42)43/h1-2,4-7,9-18,20-22H,3,8,19,23-24H2,(H,42,43)(H,44,45)/b12-9+. The molecular formula is C38H31ClN2O6. The number of benzene rings is 4. The number of halogens is 1. The summed E-state index contributed by atoms with van der Waals surface area (Å²) in [6, 6.07) is 30.6. The zero-order valence-corrected chi connectivity index (χ0v) is 26.1. The third-order valence-electron chi connectivity index (χ3n) is 7.70. The van der Waals surface area contributed by atoms with E-state index in [0.29, 0.717) is 42.3 Å². The summed E-state index contributed by atoms with van der Waals surface area (Å²) in [6.45, 7) is 1.11. The molecule has 9 heteroatoms. The van der Waals surface area contributed by atoms with Crippen molar-refractivity contribution in [3.05, 3.63) is 136 Å². The number of aryl methyl sites for hydroxylation is 1. The third-order valence-corrected chi connectivity index (χ3v) is 7.93.